The Labute approximate surface area is 126 Å². The molecule has 0 aliphatic carbocycles. The molecule has 1 aromatic heterocycles. The van der Waals surface area contributed by atoms with Gasteiger partial charge in [-0.1, -0.05) is 25.1 Å². The van der Waals surface area contributed by atoms with Crippen LogP contribution in [-0.4, -0.2) is 6.54 Å². The van der Waals surface area contributed by atoms with Gasteiger partial charge in [0.1, 0.15) is 0 Å². The van der Waals surface area contributed by atoms with E-state index in [2.05, 4.69) is 5.32 Å². The van der Waals surface area contributed by atoms with E-state index < -0.39 is 17.8 Å². The van der Waals surface area contributed by atoms with Gasteiger partial charge in [0.25, 0.3) is 0 Å². The summed E-state index contributed by atoms with van der Waals surface area (Å²) in [4.78, 5) is 0. The third-order valence-electron chi connectivity index (χ3n) is 3.38. The van der Waals surface area contributed by atoms with E-state index >= 15 is 0 Å². The number of rotatable bonds is 5. The molecule has 1 heterocycles. The Hall–Kier alpha value is -1.33. The lowest BCUT2D eigenvalue weighted by Crippen LogP contribution is -2.26. The summed E-state index contributed by atoms with van der Waals surface area (Å²) in [7, 11) is 0. The van der Waals surface area contributed by atoms with Gasteiger partial charge in [0.15, 0.2) is 0 Å². The van der Waals surface area contributed by atoms with Crippen LogP contribution in [0.5, 0.6) is 0 Å². The van der Waals surface area contributed by atoms with Crippen molar-refractivity contribution in [1.82, 2.24) is 5.32 Å². The number of alkyl halides is 3. The fourth-order valence-corrected chi connectivity index (χ4v) is 3.23. The van der Waals surface area contributed by atoms with Gasteiger partial charge in [0, 0.05) is 0 Å². The second-order valence-corrected chi connectivity index (χ2v) is 5.73. The molecule has 1 aromatic carbocycles. The monoisotopic (exact) mass is 313 g/mol. The van der Waals surface area contributed by atoms with Crippen molar-refractivity contribution in [2.75, 3.05) is 6.54 Å². The average molecular weight is 313 g/mol. The lowest BCUT2D eigenvalue weighted by Gasteiger charge is -2.23. The maximum atomic E-state index is 13.2. The molecule has 0 fully saturated rings. The van der Waals surface area contributed by atoms with Gasteiger partial charge in [-0.2, -0.15) is 24.5 Å². The predicted octanol–water partition coefficient (Wildman–Crippen LogP) is 5.16. The quantitative estimate of drug-likeness (QED) is 0.803. The molecule has 0 saturated carbocycles. The highest BCUT2D eigenvalue weighted by Gasteiger charge is 2.35. The van der Waals surface area contributed by atoms with Crippen molar-refractivity contribution in [3.8, 4) is 0 Å². The van der Waals surface area contributed by atoms with Gasteiger partial charge in [0.2, 0.25) is 0 Å². The van der Waals surface area contributed by atoms with Crippen LogP contribution in [0.1, 0.15) is 41.6 Å². The number of halogens is 3. The predicted molar refractivity (Wildman–Crippen MR) is 80.6 cm³/mol. The van der Waals surface area contributed by atoms with Gasteiger partial charge in [-0.15, -0.1) is 0 Å². The summed E-state index contributed by atoms with van der Waals surface area (Å²) >= 11 is 1.51. The third kappa shape index (κ3) is 3.66. The molecule has 1 N–H and O–H groups in total. The normalized spacial score (nSPS) is 13.4. The number of nitrogens with one attached hydrogen (secondary N) is 1. The Kier molecular flexibility index (Phi) is 5.06. The number of benzene rings is 1. The lowest BCUT2D eigenvalue weighted by atomic mass is 9.93. The van der Waals surface area contributed by atoms with E-state index in [0.717, 1.165) is 23.6 Å². The molecule has 0 aliphatic heterocycles. The Morgan fingerprint density at radius 1 is 1.14 bits per heavy atom. The molecule has 1 nitrogen and oxygen atoms in total. The van der Waals surface area contributed by atoms with E-state index in [9.17, 15) is 13.2 Å². The van der Waals surface area contributed by atoms with Crippen molar-refractivity contribution in [2.24, 2.45) is 0 Å². The van der Waals surface area contributed by atoms with Gasteiger partial charge >= 0.3 is 6.18 Å². The van der Waals surface area contributed by atoms with E-state index in [4.69, 9.17) is 0 Å². The highest BCUT2D eigenvalue weighted by Crippen LogP contribution is 2.37. The summed E-state index contributed by atoms with van der Waals surface area (Å²) in [6.45, 7) is 4.61. The first-order chi connectivity index (χ1) is 9.95. The molecule has 5 heteroatoms. The van der Waals surface area contributed by atoms with E-state index in [1.807, 2.05) is 24.6 Å². The molecule has 0 amide bonds. The number of hydrogen-bond acceptors (Lipinski definition) is 2. The minimum Gasteiger partial charge on any atom is -0.306 e. The average Bonchev–Trinajstić information content (AvgIpc) is 2.85. The van der Waals surface area contributed by atoms with Crippen LogP contribution in [0.4, 0.5) is 13.2 Å². The second kappa shape index (κ2) is 6.62. The summed E-state index contributed by atoms with van der Waals surface area (Å²) in [5.41, 5.74) is 1.67. The fourth-order valence-electron chi connectivity index (χ4n) is 2.35. The number of aryl methyl sites for hydroxylation is 1. The molecule has 0 saturated heterocycles. The first kappa shape index (κ1) is 16.0. The third-order valence-corrected chi connectivity index (χ3v) is 4.26. The zero-order chi connectivity index (χ0) is 15.5. The molecular weight excluding hydrogens is 295 g/mol. The molecule has 0 bridgehead atoms. The van der Waals surface area contributed by atoms with E-state index in [1.54, 1.807) is 12.1 Å². The highest BCUT2D eigenvalue weighted by molar-refractivity contribution is 7.08. The Morgan fingerprint density at radius 2 is 1.86 bits per heavy atom. The van der Waals surface area contributed by atoms with Crippen molar-refractivity contribution in [2.45, 2.75) is 32.5 Å². The molecular formula is C16H18F3NS. The molecule has 2 rings (SSSR count). The van der Waals surface area contributed by atoms with Gasteiger partial charge in [-0.3, -0.25) is 0 Å². The van der Waals surface area contributed by atoms with Gasteiger partial charge in [0.05, 0.1) is 11.6 Å². The van der Waals surface area contributed by atoms with E-state index in [-0.39, 0.29) is 0 Å². The van der Waals surface area contributed by atoms with Crippen molar-refractivity contribution < 1.29 is 13.2 Å². The van der Waals surface area contributed by atoms with Crippen molar-refractivity contribution in [1.29, 1.82) is 0 Å². The largest absolute Gasteiger partial charge is 0.416 e. The van der Waals surface area contributed by atoms with Crippen LogP contribution in [-0.2, 0) is 6.18 Å². The van der Waals surface area contributed by atoms with Crippen LogP contribution < -0.4 is 5.32 Å². The summed E-state index contributed by atoms with van der Waals surface area (Å²) in [5, 5.41) is 7.14. The molecule has 1 atom stereocenters. The highest BCUT2D eigenvalue weighted by atomic mass is 32.1. The van der Waals surface area contributed by atoms with Gasteiger partial charge in [-0.05, 0) is 53.4 Å². The Morgan fingerprint density at radius 3 is 2.43 bits per heavy atom. The second-order valence-electron chi connectivity index (χ2n) is 4.98. The standard InChI is InChI=1S/C16H18F3NS/c1-3-8-20-15(13-10-21-9-11(13)2)12-6-4-5-7-14(12)16(17,18)19/h4-7,9-10,15,20H,3,8H2,1-2H3. The zero-order valence-corrected chi connectivity index (χ0v) is 12.8. The number of hydrogen-bond donors (Lipinski definition) is 1. The molecule has 1 unspecified atom stereocenters. The minimum atomic E-state index is -4.34. The zero-order valence-electron chi connectivity index (χ0n) is 12.0. The minimum absolute atomic E-state index is 0.292. The fraction of sp³-hybridized carbons (Fsp3) is 0.375. The first-order valence-electron chi connectivity index (χ1n) is 6.87. The van der Waals surface area contributed by atoms with Crippen LogP contribution >= 0.6 is 11.3 Å². The van der Waals surface area contributed by atoms with Crippen LogP contribution in [0.25, 0.3) is 0 Å². The first-order valence-corrected chi connectivity index (χ1v) is 7.81. The van der Waals surface area contributed by atoms with E-state index in [1.165, 1.54) is 17.4 Å². The van der Waals surface area contributed by atoms with Crippen molar-refractivity contribution >= 4 is 11.3 Å². The maximum absolute atomic E-state index is 13.2. The smallest absolute Gasteiger partial charge is 0.306 e. The molecule has 0 radical (unpaired) electrons. The summed E-state index contributed by atoms with van der Waals surface area (Å²) in [5.74, 6) is 0. The topological polar surface area (TPSA) is 12.0 Å². The maximum Gasteiger partial charge on any atom is 0.416 e. The van der Waals surface area contributed by atoms with Crippen LogP contribution in [0.15, 0.2) is 35.0 Å². The summed E-state index contributed by atoms with van der Waals surface area (Å²) < 4.78 is 39.7. The summed E-state index contributed by atoms with van der Waals surface area (Å²) in [6, 6.07) is 5.38. The van der Waals surface area contributed by atoms with E-state index in [0.29, 0.717) is 12.1 Å². The lowest BCUT2D eigenvalue weighted by molar-refractivity contribution is -0.138. The Bertz CT molecular complexity index is 589. The van der Waals surface area contributed by atoms with Gasteiger partial charge in [-0.25, -0.2) is 0 Å². The molecule has 114 valence electrons. The van der Waals surface area contributed by atoms with Crippen molar-refractivity contribution in [3.63, 3.8) is 0 Å². The molecule has 0 aliphatic rings. The van der Waals surface area contributed by atoms with Crippen LogP contribution in [0, 0.1) is 6.92 Å². The van der Waals surface area contributed by atoms with Crippen molar-refractivity contribution in [3.05, 3.63) is 57.3 Å². The summed E-state index contributed by atoms with van der Waals surface area (Å²) in [6.07, 6.45) is -3.47. The SMILES string of the molecule is CCCNC(c1cscc1C)c1ccccc1C(F)(F)F. The molecule has 0 spiro atoms. The number of thiophene rings is 1. The van der Waals surface area contributed by atoms with Crippen LogP contribution in [0.2, 0.25) is 0 Å². The van der Waals surface area contributed by atoms with Crippen LogP contribution in [0.3, 0.4) is 0 Å². The molecule has 21 heavy (non-hydrogen) atoms. The Balaban J connectivity index is 2.50. The molecule has 2 aromatic rings. The van der Waals surface area contributed by atoms with Gasteiger partial charge < -0.3 is 5.32 Å².